The van der Waals surface area contributed by atoms with Gasteiger partial charge in [0.2, 0.25) is 0 Å². The number of para-hydroxylation sites is 2. The number of fused-ring (bicyclic) bond motifs is 1. The van der Waals surface area contributed by atoms with E-state index in [-0.39, 0.29) is 24.5 Å². The molecule has 3 heterocycles. The van der Waals surface area contributed by atoms with Gasteiger partial charge in [0, 0.05) is 5.69 Å². The summed E-state index contributed by atoms with van der Waals surface area (Å²) in [4.78, 5) is 17.1. The molecule has 0 bridgehead atoms. The standard InChI is InChI=1S/C21H17FN8OS/c1-13-20(31)29(18-5-3-2-4-17(18)23-13)11-15-10-28(27-24-15)12-19-25-26-21(32)30(19)16-8-6-14(22)7-9-16/h2-10H,11-12H2,1H3,(H,26,32). The number of rotatable bonds is 5. The van der Waals surface area contributed by atoms with Crippen LogP contribution >= 0.6 is 12.2 Å². The number of hydrogen-bond donors (Lipinski definition) is 1. The number of nitrogens with zero attached hydrogens (tertiary/aromatic N) is 7. The summed E-state index contributed by atoms with van der Waals surface area (Å²) >= 11 is 5.33. The molecule has 0 aliphatic rings. The van der Waals surface area contributed by atoms with Gasteiger partial charge in [-0.1, -0.05) is 17.3 Å². The van der Waals surface area contributed by atoms with Crippen molar-refractivity contribution in [2.45, 2.75) is 20.0 Å². The molecule has 0 amide bonds. The van der Waals surface area contributed by atoms with Crippen molar-refractivity contribution in [2.75, 3.05) is 0 Å². The van der Waals surface area contributed by atoms with Crippen LogP contribution in [0.15, 0.2) is 59.5 Å². The minimum Gasteiger partial charge on any atom is -0.299 e. The maximum absolute atomic E-state index is 13.3. The summed E-state index contributed by atoms with van der Waals surface area (Å²) in [5.74, 6) is 0.251. The lowest BCUT2D eigenvalue weighted by atomic mass is 10.2. The fraction of sp³-hybridized carbons (Fsp3) is 0.143. The van der Waals surface area contributed by atoms with E-state index in [0.717, 1.165) is 11.0 Å². The molecule has 0 aliphatic carbocycles. The third-order valence-corrected chi connectivity index (χ3v) is 5.33. The Balaban J connectivity index is 1.45. The molecule has 0 saturated carbocycles. The number of benzene rings is 2. The molecule has 0 fully saturated rings. The highest BCUT2D eigenvalue weighted by atomic mass is 32.1. The Bertz CT molecular complexity index is 1550. The first-order chi connectivity index (χ1) is 15.5. The van der Waals surface area contributed by atoms with E-state index >= 15 is 0 Å². The molecule has 0 spiro atoms. The molecule has 0 unspecified atom stereocenters. The number of nitrogens with one attached hydrogen (secondary N) is 1. The van der Waals surface area contributed by atoms with E-state index in [4.69, 9.17) is 12.2 Å². The fourth-order valence-electron chi connectivity index (χ4n) is 3.56. The molecular weight excluding hydrogens is 431 g/mol. The van der Waals surface area contributed by atoms with Gasteiger partial charge in [-0.15, -0.1) is 5.10 Å². The van der Waals surface area contributed by atoms with E-state index in [1.165, 1.54) is 12.1 Å². The highest BCUT2D eigenvalue weighted by molar-refractivity contribution is 7.71. The van der Waals surface area contributed by atoms with Crippen molar-refractivity contribution < 1.29 is 4.39 Å². The third kappa shape index (κ3) is 3.62. The molecule has 5 rings (SSSR count). The molecule has 9 nitrogen and oxygen atoms in total. The second-order valence-corrected chi connectivity index (χ2v) is 7.63. The normalized spacial score (nSPS) is 11.3. The highest BCUT2D eigenvalue weighted by Gasteiger charge is 2.13. The average Bonchev–Trinajstić information content (AvgIpc) is 3.38. The van der Waals surface area contributed by atoms with Crippen LogP contribution in [0.5, 0.6) is 0 Å². The number of aryl methyl sites for hydroxylation is 1. The molecule has 0 aliphatic heterocycles. The molecule has 2 aromatic carbocycles. The largest absolute Gasteiger partial charge is 0.299 e. The zero-order valence-electron chi connectivity index (χ0n) is 16.9. The smallest absolute Gasteiger partial charge is 0.272 e. The lowest BCUT2D eigenvalue weighted by Gasteiger charge is -2.09. The van der Waals surface area contributed by atoms with E-state index in [1.807, 2.05) is 24.3 Å². The quantitative estimate of drug-likeness (QED) is 0.415. The minimum atomic E-state index is -0.333. The molecular formula is C21H17FN8OS. The van der Waals surface area contributed by atoms with Gasteiger partial charge < -0.3 is 0 Å². The summed E-state index contributed by atoms with van der Waals surface area (Å²) in [5.41, 5.74) is 3.03. The van der Waals surface area contributed by atoms with Crippen LogP contribution in [0.1, 0.15) is 17.2 Å². The van der Waals surface area contributed by atoms with Crippen LogP contribution in [0, 0.1) is 17.5 Å². The van der Waals surface area contributed by atoms with Gasteiger partial charge in [-0.3, -0.25) is 19.0 Å². The highest BCUT2D eigenvalue weighted by Crippen LogP contribution is 2.14. The Kier molecular flexibility index (Phi) is 4.94. The molecule has 160 valence electrons. The molecule has 0 radical (unpaired) electrons. The SMILES string of the molecule is Cc1nc2ccccc2n(Cc2cn(Cc3n[nH]c(=S)n3-c3ccc(F)cc3)nn2)c1=O. The maximum atomic E-state index is 13.3. The monoisotopic (exact) mass is 448 g/mol. The van der Waals surface area contributed by atoms with E-state index in [2.05, 4.69) is 25.5 Å². The van der Waals surface area contributed by atoms with Gasteiger partial charge in [0.05, 0.1) is 23.8 Å². The predicted molar refractivity (Wildman–Crippen MR) is 118 cm³/mol. The summed E-state index contributed by atoms with van der Waals surface area (Å²) in [5, 5.41) is 15.4. The zero-order chi connectivity index (χ0) is 22.2. The van der Waals surface area contributed by atoms with Crippen LogP contribution in [0.25, 0.3) is 16.7 Å². The Morgan fingerprint density at radius 2 is 1.88 bits per heavy atom. The fourth-order valence-corrected chi connectivity index (χ4v) is 3.82. The van der Waals surface area contributed by atoms with Gasteiger partial charge >= 0.3 is 0 Å². The van der Waals surface area contributed by atoms with Crippen molar-refractivity contribution in [1.29, 1.82) is 0 Å². The van der Waals surface area contributed by atoms with Crippen LogP contribution < -0.4 is 5.56 Å². The number of aromatic amines is 1. The Morgan fingerprint density at radius 1 is 1.09 bits per heavy atom. The van der Waals surface area contributed by atoms with Gasteiger partial charge in [-0.2, -0.15) is 5.10 Å². The van der Waals surface area contributed by atoms with Gasteiger partial charge in [0.1, 0.15) is 23.7 Å². The van der Waals surface area contributed by atoms with Crippen LogP contribution in [-0.4, -0.2) is 39.3 Å². The van der Waals surface area contributed by atoms with Gasteiger partial charge in [-0.05, 0) is 55.5 Å². The second kappa shape index (κ2) is 7.93. The number of halogens is 1. The molecule has 1 N–H and O–H groups in total. The van der Waals surface area contributed by atoms with E-state index in [1.54, 1.807) is 39.1 Å². The summed E-state index contributed by atoms with van der Waals surface area (Å²) in [7, 11) is 0. The van der Waals surface area contributed by atoms with Crippen LogP contribution in [0.2, 0.25) is 0 Å². The summed E-state index contributed by atoms with van der Waals surface area (Å²) < 4.78 is 18.6. The van der Waals surface area contributed by atoms with Crippen molar-refractivity contribution >= 4 is 23.3 Å². The molecule has 5 aromatic rings. The van der Waals surface area contributed by atoms with E-state index in [9.17, 15) is 9.18 Å². The zero-order valence-corrected chi connectivity index (χ0v) is 17.8. The maximum Gasteiger partial charge on any atom is 0.272 e. The van der Waals surface area contributed by atoms with Crippen LogP contribution in [-0.2, 0) is 13.1 Å². The third-order valence-electron chi connectivity index (χ3n) is 5.05. The van der Waals surface area contributed by atoms with Crippen molar-refractivity contribution in [3.63, 3.8) is 0 Å². The number of hydrogen-bond acceptors (Lipinski definition) is 6. The number of H-pyrrole nitrogens is 1. The summed E-state index contributed by atoms with van der Waals surface area (Å²) in [6.45, 7) is 2.23. The molecule has 3 aromatic heterocycles. The molecule has 11 heteroatoms. The van der Waals surface area contributed by atoms with E-state index < -0.39 is 0 Å². The molecule has 32 heavy (non-hydrogen) atoms. The lowest BCUT2D eigenvalue weighted by molar-refractivity contribution is 0.613. The minimum absolute atomic E-state index is 0.171. The summed E-state index contributed by atoms with van der Waals surface area (Å²) in [6.07, 6.45) is 1.75. The summed E-state index contributed by atoms with van der Waals surface area (Å²) in [6, 6.07) is 13.4. The second-order valence-electron chi connectivity index (χ2n) is 7.24. The first-order valence-electron chi connectivity index (χ1n) is 9.77. The Morgan fingerprint density at radius 3 is 2.69 bits per heavy atom. The van der Waals surface area contributed by atoms with Crippen molar-refractivity contribution in [2.24, 2.45) is 0 Å². The molecule has 0 atom stereocenters. The van der Waals surface area contributed by atoms with Crippen molar-refractivity contribution in [1.82, 2.24) is 39.3 Å². The van der Waals surface area contributed by atoms with Crippen molar-refractivity contribution in [3.05, 3.63) is 92.9 Å². The average molecular weight is 448 g/mol. The number of aromatic nitrogens is 8. The molecule has 0 saturated heterocycles. The Labute approximate surface area is 185 Å². The van der Waals surface area contributed by atoms with Gasteiger partial charge in [-0.25, -0.2) is 14.1 Å². The lowest BCUT2D eigenvalue weighted by Crippen LogP contribution is -2.24. The first kappa shape index (κ1) is 19.9. The van der Waals surface area contributed by atoms with Gasteiger partial charge in [0.15, 0.2) is 10.6 Å². The predicted octanol–water partition coefficient (Wildman–Crippen LogP) is 2.78. The van der Waals surface area contributed by atoms with Crippen molar-refractivity contribution in [3.8, 4) is 5.69 Å². The van der Waals surface area contributed by atoms with E-state index in [0.29, 0.717) is 27.7 Å². The first-order valence-corrected chi connectivity index (χ1v) is 10.2. The Hall–Kier alpha value is -3.99. The van der Waals surface area contributed by atoms with Crippen LogP contribution in [0.3, 0.4) is 0 Å². The topological polar surface area (TPSA) is 99.2 Å². The van der Waals surface area contributed by atoms with Gasteiger partial charge in [0.25, 0.3) is 5.56 Å². The van der Waals surface area contributed by atoms with Crippen LogP contribution in [0.4, 0.5) is 4.39 Å².